The molecule has 3 N–H and O–H groups in total. The number of halogens is 2. The third-order valence-corrected chi connectivity index (χ3v) is 5.24. The molecule has 4 aromatic rings. The van der Waals surface area contributed by atoms with E-state index in [1.807, 2.05) is 42.5 Å². The Labute approximate surface area is 195 Å². The third kappa shape index (κ3) is 5.20. The number of nitriles is 1. The molecule has 0 aliphatic heterocycles. The van der Waals surface area contributed by atoms with E-state index in [4.69, 9.17) is 11.6 Å². The molecule has 0 atom stereocenters. The van der Waals surface area contributed by atoms with Crippen molar-refractivity contribution in [2.24, 2.45) is 0 Å². The van der Waals surface area contributed by atoms with E-state index in [2.05, 4.69) is 27.0 Å². The van der Waals surface area contributed by atoms with Crippen LogP contribution >= 0.6 is 11.6 Å². The maximum Gasteiger partial charge on any atom is 0.221 e. The van der Waals surface area contributed by atoms with Crippen molar-refractivity contribution in [3.63, 3.8) is 0 Å². The highest BCUT2D eigenvalue weighted by molar-refractivity contribution is 6.31. The molecule has 1 amide bonds. The minimum absolute atomic E-state index is 0.0104. The minimum Gasteiger partial charge on any atom is -0.381 e. The molecule has 1 heterocycles. The molecular formula is C25H19ClFN5O. The van der Waals surface area contributed by atoms with Crippen LogP contribution in [0, 0.1) is 17.1 Å². The van der Waals surface area contributed by atoms with E-state index in [0.717, 1.165) is 22.3 Å². The number of hydrogen-bond donors (Lipinski definition) is 3. The van der Waals surface area contributed by atoms with Gasteiger partial charge in [0.1, 0.15) is 11.9 Å². The van der Waals surface area contributed by atoms with Gasteiger partial charge < -0.3 is 16.0 Å². The van der Waals surface area contributed by atoms with Crippen LogP contribution in [-0.4, -0.2) is 10.9 Å². The summed E-state index contributed by atoms with van der Waals surface area (Å²) in [6.07, 6.45) is 1.50. The lowest BCUT2D eigenvalue weighted by molar-refractivity contribution is -0.114. The number of aromatic nitrogens is 1. The predicted molar refractivity (Wildman–Crippen MR) is 129 cm³/mol. The van der Waals surface area contributed by atoms with Gasteiger partial charge in [-0.25, -0.2) is 4.39 Å². The Kier molecular flexibility index (Phi) is 6.38. The normalized spacial score (nSPS) is 10.5. The first-order chi connectivity index (χ1) is 15.9. The molecule has 6 nitrogen and oxygen atoms in total. The predicted octanol–water partition coefficient (Wildman–Crippen LogP) is 6.21. The van der Waals surface area contributed by atoms with Gasteiger partial charge in [-0.3, -0.25) is 9.78 Å². The molecule has 0 radical (unpaired) electrons. The van der Waals surface area contributed by atoms with Gasteiger partial charge in [0.2, 0.25) is 5.91 Å². The molecule has 1 aromatic heterocycles. The summed E-state index contributed by atoms with van der Waals surface area (Å²) in [5, 5.41) is 19.6. The van der Waals surface area contributed by atoms with Crippen LogP contribution in [0.1, 0.15) is 18.1 Å². The molecule has 0 saturated heterocycles. The van der Waals surface area contributed by atoms with Crippen molar-refractivity contribution in [3.8, 4) is 6.07 Å². The van der Waals surface area contributed by atoms with Crippen LogP contribution in [-0.2, 0) is 11.3 Å². The van der Waals surface area contributed by atoms with Crippen LogP contribution in [0.2, 0.25) is 5.02 Å². The zero-order valence-corrected chi connectivity index (χ0v) is 18.4. The van der Waals surface area contributed by atoms with Crippen molar-refractivity contribution < 1.29 is 9.18 Å². The van der Waals surface area contributed by atoms with E-state index in [9.17, 15) is 14.4 Å². The fraction of sp³-hybridized carbons (Fsp3) is 0.0800. The molecule has 0 aliphatic carbocycles. The number of nitrogens with zero attached hydrogens (tertiary/aromatic N) is 2. The van der Waals surface area contributed by atoms with Crippen molar-refractivity contribution in [3.05, 3.63) is 88.8 Å². The molecule has 4 rings (SSSR count). The van der Waals surface area contributed by atoms with E-state index >= 15 is 0 Å². The van der Waals surface area contributed by atoms with Gasteiger partial charge >= 0.3 is 0 Å². The maximum absolute atomic E-state index is 13.5. The Hall–Kier alpha value is -4.15. The second-order valence-electron chi connectivity index (χ2n) is 7.38. The zero-order chi connectivity index (χ0) is 23.4. The van der Waals surface area contributed by atoms with Crippen LogP contribution in [0.25, 0.3) is 10.9 Å². The van der Waals surface area contributed by atoms with Crippen LogP contribution in [0.5, 0.6) is 0 Å². The number of benzene rings is 3. The number of carbonyl (C=O) groups is 1. The number of anilines is 4. The second-order valence-corrected chi connectivity index (χ2v) is 7.78. The zero-order valence-electron chi connectivity index (χ0n) is 17.6. The number of rotatable bonds is 6. The molecule has 0 saturated carbocycles. The maximum atomic E-state index is 13.5. The van der Waals surface area contributed by atoms with Gasteiger partial charge in [0.15, 0.2) is 0 Å². The number of hydrogen-bond acceptors (Lipinski definition) is 5. The van der Waals surface area contributed by atoms with Gasteiger partial charge in [-0.1, -0.05) is 23.7 Å². The fourth-order valence-corrected chi connectivity index (χ4v) is 3.53. The van der Waals surface area contributed by atoms with Crippen molar-refractivity contribution in [1.29, 1.82) is 5.26 Å². The van der Waals surface area contributed by atoms with Gasteiger partial charge in [-0.15, -0.1) is 0 Å². The molecule has 164 valence electrons. The Morgan fingerprint density at radius 1 is 1.06 bits per heavy atom. The first-order valence-corrected chi connectivity index (χ1v) is 10.5. The average molecular weight is 460 g/mol. The second kappa shape index (κ2) is 9.55. The van der Waals surface area contributed by atoms with Gasteiger partial charge in [-0.2, -0.15) is 5.26 Å². The van der Waals surface area contributed by atoms with Crippen molar-refractivity contribution >= 4 is 51.2 Å². The molecule has 3 aromatic carbocycles. The Balaban J connectivity index is 1.60. The van der Waals surface area contributed by atoms with E-state index in [-0.39, 0.29) is 10.9 Å². The summed E-state index contributed by atoms with van der Waals surface area (Å²) in [6, 6.07) is 19.7. The first kappa shape index (κ1) is 22.1. The minimum atomic E-state index is -0.515. The molecule has 8 heteroatoms. The van der Waals surface area contributed by atoms with Gasteiger partial charge in [0, 0.05) is 42.1 Å². The van der Waals surface area contributed by atoms with Crippen LogP contribution in [0.3, 0.4) is 0 Å². The molecule has 0 fully saturated rings. The highest BCUT2D eigenvalue weighted by Crippen LogP contribution is 2.32. The standard InChI is InChI=1S/C25H19ClFN5O/c1-15(33)31-18-4-2-16(3-5-18)13-29-19-7-9-24-21(10-19)25(17(12-28)14-30-24)32-20-6-8-23(27)22(26)11-20/h2-11,14,29H,13H2,1H3,(H,30,32)(H,31,33). The summed E-state index contributed by atoms with van der Waals surface area (Å²) in [7, 11) is 0. The summed E-state index contributed by atoms with van der Waals surface area (Å²) < 4.78 is 13.5. The van der Waals surface area contributed by atoms with Gasteiger partial charge in [-0.05, 0) is 54.1 Å². The Bertz CT molecular complexity index is 1380. The van der Waals surface area contributed by atoms with Crippen LogP contribution in [0.15, 0.2) is 66.9 Å². The highest BCUT2D eigenvalue weighted by Gasteiger charge is 2.11. The smallest absolute Gasteiger partial charge is 0.221 e. The third-order valence-electron chi connectivity index (χ3n) is 4.95. The number of nitrogens with one attached hydrogen (secondary N) is 3. The van der Waals surface area contributed by atoms with Gasteiger partial charge in [0.25, 0.3) is 0 Å². The summed E-state index contributed by atoms with van der Waals surface area (Å²) in [5.74, 6) is -0.631. The first-order valence-electron chi connectivity index (χ1n) is 10.1. The van der Waals surface area contributed by atoms with Crippen LogP contribution in [0.4, 0.5) is 27.1 Å². The summed E-state index contributed by atoms with van der Waals surface area (Å²) in [4.78, 5) is 15.5. The lowest BCUT2D eigenvalue weighted by Crippen LogP contribution is -2.06. The Morgan fingerprint density at radius 3 is 2.48 bits per heavy atom. The lowest BCUT2D eigenvalue weighted by Gasteiger charge is -2.14. The molecule has 0 aliphatic rings. The Morgan fingerprint density at radius 2 is 1.79 bits per heavy atom. The number of pyridine rings is 1. The molecular weight excluding hydrogens is 441 g/mol. The average Bonchev–Trinajstić information content (AvgIpc) is 2.81. The number of amides is 1. The molecule has 33 heavy (non-hydrogen) atoms. The number of fused-ring (bicyclic) bond motifs is 1. The molecule has 0 spiro atoms. The quantitative estimate of drug-likeness (QED) is 0.319. The molecule has 0 unspecified atom stereocenters. The lowest BCUT2D eigenvalue weighted by atomic mass is 10.1. The van der Waals surface area contributed by atoms with E-state index in [1.165, 1.54) is 25.3 Å². The largest absolute Gasteiger partial charge is 0.381 e. The van der Waals surface area contributed by atoms with Gasteiger partial charge in [0.05, 0.1) is 21.8 Å². The van der Waals surface area contributed by atoms with E-state index in [1.54, 1.807) is 6.07 Å². The summed E-state index contributed by atoms with van der Waals surface area (Å²) >= 11 is 5.91. The summed E-state index contributed by atoms with van der Waals surface area (Å²) in [6.45, 7) is 2.03. The summed E-state index contributed by atoms with van der Waals surface area (Å²) in [5.41, 5.74) is 4.79. The SMILES string of the molecule is CC(=O)Nc1ccc(CNc2ccc3ncc(C#N)c(Nc4ccc(F)c(Cl)c4)c3c2)cc1. The van der Waals surface area contributed by atoms with Crippen molar-refractivity contribution in [2.45, 2.75) is 13.5 Å². The topological polar surface area (TPSA) is 89.8 Å². The monoisotopic (exact) mass is 459 g/mol. The fourth-order valence-electron chi connectivity index (χ4n) is 3.35. The number of carbonyl (C=O) groups excluding carboxylic acids is 1. The van der Waals surface area contributed by atoms with E-state index in [0.29, 0.717) is 29.0 Å². The molecule has 0 bridgehead atoms. The highest BCUT2D eigenvalue weighted by atomic mass is 35.5. The van der Waals surface area contributed by atoms with Crippen molar-refractivity contribution in [1.82, 2.24) is 4.98 Å². The van der Waals surface area contributed by atoms with E-state index < -0.39 is 5.82 Å². The van der Waals surface area contributed by atoms with Crippen LogP contribution < -0.4 is 16.0 Å². The van der Waals surface area contributed by atoms with Crippen molar-refractivity contribution in [2.75, 3.05) is 16.0 Å².